The highest BCUT2D eigenvalue weighted by molar-refractivity contribution is 6.32. The van der Waals surface area contributed by atoms with E-state index >= 15 is 0 Å². The molecular formula is C21H14ClF4N7O2. The number of non-ortho nitro benzene ring substituents is 1. The van der Waals surface area contributed by atoms with Crippen molar-refractivity contribution >= 4 is 40.4 Å². The Morgan fingerprint density at radius 2 is 1.83 bits per heavy atom. The van der Waals surface area contributed by atoms with Gasteiger partial charge < -0.3 is 10.6 Å². The first-order chi connectivity index (χ1) is 16.5. The number of benzene rings is 2. The molecule has 0 fully saturated rings. The summed E-state index contributed by atoms with van der Waals surface area (Å²) >= 11 is 6.04. The van der Waals surface area contributed by atoms with Crippen LogP contribution in [0.25, 0.3) is 11.1 Å². The van der Waals surface area contributed by atoms with Gasteiger partial charge in [-0.25, -0.2) is 9.37 Å². The van der Waals surface area contributed by atoms with Crippen molar-refractivity contribution in [2.24, 2.45) is 7.05 Å². The molecule has 0 radical (unpaired) electrons. The van der Waals surface area contributed by atoms with E-state index in [4.69, 9.17) is 11.6 Å². The van der Waals surface area contributed by atoms with Crippen molar-refractivity contribution in [2.75, 3.05) is 10.6 Å². The third kappa shape index (κ3) is 5.46. The number of halogens is 5. The van der Waals surface area contributed by atoms with Crippen LogP contribution in [0.1, 0.15) is 5.56 Å². The summed E-state index contributed by atoms with van der Waals surface area (Å²) in [7, 11) is 1.65. The minimum atomic E-state index is -4.52. The molecule has 2 N–H and O–H groups in total. The molecule has 180 valence electrons. The molecule has 0 atom stereocenters. The Morgan fingerprint density at radius 1 is 1.11 bits per heavy atom. The number of alkyl halides is 3. The molecule has 0 unspecified atom stereocenters. The standard InChI is InChI=1S/C21H14ClF4N7O2/c1-32-10-17(18(22)31-32)29-20-27-9-16(11-2-4-12(5-3-11)21(24,25)26)19(30-20)28-14-6-13(23)7-15(8-14)33(34)35/h2-10H,1H3,(H2,27,28,29,30). The van der Waals surface area contributed by atoms with Gasteiger partial charge in [-0.05, 0) is 23.8 Å². The first-order valence-electron chi connectivity index (χ1n) is 9.72. The van der Waals surface area contributed by atoms with Gasteiger partial charge in [0.25, 0.3) is 5.69 Å². The van der Waals surface area contributed by atoms with Gasteiger partial charge in [-0.15, -0.1) is 0 Å². The normalized spacial score (nSPS) is 11.4. The number of hydrogen-bond acceptors (Lipinski definition) is 7. The van der Waals surface area contributed by atoms with E-state index in [1.807, 2.05) is 0 Å². The first-order valence-corrected chi connectivity index (χ1v) is 10.1. The number of hydrogen-bond donors (Lipinski definition) is 2. The van der Waals surface area contributed by atoms with Gasteiger partial charge in [0.15, 0.2) is 5.15 Å². The van der Waals surface area contributed by atoms with Crippen molar-refractivity contribution in [3.63, 3.8) is 0 Å². The van der Waals surface area contributed by atoms with Gasteiger partial charge in [0.1, 0.15) is 11.6 Å². The lowest BCUT2D eigenvalue weighted by molar-refractivity contribution is -0.385. The number of nitrogens with one attached hydrogen (secondary N) is 2. The van der Waals surface area contributed by atoms with E-state index in [-0.39, 0.29) is 28.2 Å². The summed E-state index contributed by atoms with van der Waals surface area (Å²) in [5, 5.41) is 20.9. The molecule has 0 aliphatic heterocycles. The average Bonchev–Trinajstić information content (AvgIpc) is 3.09. The van der Waals surface area contributed by atoms with Crippen LogP contribution in [-0.2, 0) is 13.2 Å². The van der Waals surface area contributed by atoms with Crippen molar-refractivity contribution in [2.45, 2.75) is 6.18 Å². The molecule has 0 amide bonds. The van der Waals surface area contributed by atoms with Gasteiger partial charge >= 0.3 is 6.18 Å². The van der Waals surface area contributed by atoms with E-state index < -0.39 is 28.2 Å². The molecule has 14 heteroatoms. The van der Waals surface area contributed by atoms with Gasteiger partial charge in [0, 0.05) is 36.8 Å². The Bertz CT molecular complexity index is 1410. The highest BCUT2D eigenvalue weighted by Gasteiger charge is 2.30. The number of nitro benzene ring substituents is 1. The van der Waals surface area contributed by atoms with Crippen molar-refractivity contribution in [3.05, 3.63) is 81.5 Å². The van der Waals surface area contributed by atoms with Crippen LogP contribution in [0.2, 0.25) is 5.15 Å². The molecule has 0 spiro atoms. The number of aryl methyl sites for hydroxylation is 1. The molecule has 4 aromatic rings. The van der Waals surface area contributed by atoms with Crippen LogP contribution < -0.4 is 10.6 Å². The smallest absolute Gasteiger partial charge is 0.339 e. The molecule has 35 heavy (non-hydrogen) atoms. The summed E-state index contributed by atoms with van der Waals surface area (Å²) in [6.45, 7) is 0. The minimum absolute atomic E-state index is 0.00563. The molecule has 2 aromatic carbocycles. The van der Waals surface area contributed by atoms with Crippen molar-refractivity contribution < 1.29 is 22.5 Å². The van der Waals surface area contributed by atoms with Crippen LogP contribution in [0.5, 0.6) is 0 Å². The van der Waals surface area contributed by atoms with Crippen LogP contribution >= 0.6 is 11.6 Å². The largest absolute Gasteiger partial charge is 0.416 e. The van der Waals surface area contributed by atoms with Crippen molar-refractivity contribution in [3.8, 4) is 11.1 Å². The molecular weight excluding hydrogens is 494 g/mol. The molecule has 4 rings (SSSR count). The van der Waals surface area contributed by atoms with E-state index in [0.29, 0.717) is 11.3 Å². The van der Waals surface area contributed by atoms with E-state index in [9.17, 15) is 27.7 Å². The van der Waals surface area contributed by atoms with Crippen LogP contribution in [0, 0.1) is 15.9 Å². The van der Waals surface area contributed by atoms with Gasteiger partial charge in [-0.3, -0.25) is 14.8 Å². The fourth-order valence-corrected chi connectivity index (χ4v) is 3.36. The third-order valence-electron chi connectivity index (χ3n) is 4.70. The first kappa shape index (κ1) is 23.9. The summed E-state index contributed by atoms with van der Waals surface area (Å²) in [6, 6.07) is 7.10. The van der Waals surface area contributed by atoms with Crippen LogP contribution in [-0.4, -0.2) is 24.7 Å². The molecule has 0 saturated carbocycles. The monoisotopic (exact) mass is 507 g/mol. The maximum absolute atomic E-state index is 14.0. The second-order valence-electron chi connectivity index (χ2n) is 7.24. The summed E-state index contributed by atoms with van der Waals surface area (Å²) in [4.78, 5) is 18.8. The van der Waals surface area contributed by atoms with Crippen LogP contribution in [0.3, 0.4) is 0 Å². The predicted octanol–water partition coefficient (Wildman–Crippen LogP) is 6.08. The predicted molar refractivity (Wildman–Crippen MR) is 120 cm³/mol. The van der Waals surface area contributed by atoms with Gasteiger partial charge in [-0.2, -0.15) is 23.3 Å². The molecule has 0 aliphatic rings. The van der Waals surface area contributed by atoms with Crippen molar-refractivity contribution in [1.29, 1.82) is 0 Å². The Labute approximate surface area is 199 Å². The topological polar surface area (TPSA) is 111 Å². The number of rotatable bonds is 6. The second kappa shape index (κ2) is 9.18. The average molecular weight is 508 g/mol. The van der Waals surface area contributed by atoms with Gasteiger partial charge in [-0.1, -0.05) is 23.7 Å². The number of aromatic nitrogens is 4. The molecule has 0 aliphatic carbocycles. The zero-order chi connectivity index (χ0) is 25.3. The summed E-state index contributed by atoms with van der Waals surface area (Å²) in [6.07, 6.45) is -1.62. The Kier molecular flexibility index (Phi) is 6.26. The Morgan fingerprint density at radius 3 is 2.43 bits per heavy atom. The lowest BCUT2D eigenvalue weighted by Gasteiger charge is -2.14. The Balaban J connectivity index is 1.77. The molecule has 9 nitrogen and oxygen atoms in total. The molecule has 2 heterocycles. The number of nitrogens with zero attached hydrogens (tertiary/aromatic N) is 5. The van der Waals surface area contributed by atoms with E-state index in [0.717, 1.165) is 30.3 Å². The van der Waals surface area contributed by atoms with Gasteiger partial charge in [0.05, 0.1) is 22.2 Å². The summed E-state index contributed by atoms with van der Waals surface area (Å²) in [5.41, 5.74) is -0.399. The third-order valence-corrected chi connectivity index (χ3v) is 4.98. The fraction of sp³-hybridized carbons (Fsp3) is 0.0952. The van der Waals surface area contributed by atoms with Gasteiger partial charge in [0.2, 0.25) is 5.95 Å². The number of anilines is 4. The SMILES string of the molecule is Cn1cc(Nc2ncc(-c3ccc(C(F)(F)F)cc3)c(Nc3cc(F)cc([N+](=O)[O-])c3)n2)c(Cl)n1. The molecule has 2 aromatic heterocycles. The Hall–Kier alpha value is -4.26. The second-order valence-corrected chi connectivity index (χ2v) is 7.60. The minimum Gasteiger partial charge on any atom is -0.339 e. The zero-order valence-corrected chi connectivity index (χ0v) is 18.4. The maximum Gasteiger partial charge on any atom is 0.416 e. The van der Waals surface area contributed by atoms with Crippen molar-refractivity contribution in [1.82, 2.24) is 19.7 Å². The number of nitro groups is 1. The van der Waals surface area contributed by atoms with E-state index in [1.54, 1.807) is 13.2 Å². The van der Waals surface area contributed by atoms with E-state index in [1.165, 1.54) is 23.0 Å². The molecule has 0 saturated heterocycles. The van der Waals surface area contributed by atoms with Crippen LogP contribution in [0.4, 0.5) is 46.4 Å². The molecule has 0 bridgehead atoms. The lowest BCUT2D eigenvalue weighted by atomic mass is 10.1. The zero-order valence-electron chi connectivity index (χ0n) is 17.6. The highest BCUT2D eigenvalue weighted by atomic mass is 35.5. The van der Waals surface area contributed by atoms with Crippen LogP contribution in [0.15, 0.2) is 54.9 Å². The highest BCUT2D eigenvalue weighted by Crippen LogP contribution is 2.34. The maximum atomic E-state index is 14.0. The quantitative estimate of drug-likeness (QED) is 0.185. The summed E-state index contributed by atoms with van der Waals surface area (Å²) < 4.78 is 54.3. The van der Waals surface area contributed by atoms with E-state index in [2.05, 4.69) is 25.7 Å². The summed E-state index contributed by atoms with van der Waals surface area (Å²) in [5.74, 6) is -0.793. The fourth-order valence-electron chi connectivity index (χ4n) is 3.14. The lowest BCUT2D eigenvalue weighted by Crippen LogP contribution is -2.05.